The van der Waals surface area contributed by atoms with Crippen molar-refractivity contribution in [2.75, 3.05) is 0 Å². The Hall–Kier alpha value is -1.33. The van der Waals surface area contributed by atoms with Crippen LogP contribution in [0.3, 0.4) is 0 Å². The van der Waals surface area contributed by atoms with E-state index >= 15 is 0 Å². The summed E-state index contributed by atoms with van der Waals surface area (Å²) >= 11 is 0. The highest BCUT2D eigenvalue weighted by Crippen LogP contribution is 2.18. The highest BCUT2D eigenvalue weighted by Gasteiger charge is 2.21. The van der Waals surface area contributed by atoms with Crippen LogP contribution in [0.25, 0.3) is 0 Å². The van der Waals surface area contributed by atoms with Crippen molar-refractivity contribution in [2.24, 2.45) is 0 Å². The molecule has 0 unspecified atom stereocenters. The molecule has 90 valence electrons. The van der Waals surface area contributed by atoms with Crippen LogP contribution in [0.2, 0.25) is 0 Å². The molecule has 0 aromatic rings. The van der Waals surface area contributed by atoms with Gasteiger partial charge in [-0.05, 0) is 25.7 Å². The molecular formula is C11H18N2O3. The molecule has 0 atom stereocenters. The molecule has 5 heteroatoms. The molecule has 0 amide bonds. The van der Waals surface area contributed by atoms with Crippen LogP contribution in [0.4, 0.5) is 0 Å². The fraction of sp³-hybridized carbons (Fsp3) is 0.545. The lowest BCUT2D eigenvalue weighted by Crippen LogP contribution is -2.40. The highest BCUT2D eigenvalue weighted by molar-refractivity contribution is 5.80. The Morgan fingerprint density at radius 3 is 2.19 bits per heavy atom. The van der Waals surface area contributed by atoms with Crippen molar-refractivity contribution in [1.82, 2.24) is 11.0 Å². The van der Waals surface area contributed by atoms with Crippen LogP contribution in [0.1, 0.15) is 25.7 Å². The molecule has 0 heterocycles. The van der Waals surface area contributed by atoms with Crippen molar-refractivity contribution in [3.05, 3.63) is 25.5 Å². The molecule has 0 bridgehead atoms. The Morgan fingerprint density at radius 1 is 1.12 bits per heavy atom. The van der Waals surface area contributed by atoms with Crippen LogP contribution in [-0.2, 0) is 14.5 Å². The molecule has 0 aromatic carbocycles. The Kier molecular flexibility index (Phi) is 5.60. The van der Waals surface area contributed by atoms with Crippen molar-refractivity contribution in [1.29, 1.82) is 0 Å². The molecule has 5 nitrogen and oxygen atoms in total. The van der Waals surface area contributed by atoms with E-state index in [-0.39, 0.29) is 6.04 Å². The van der Waals surface area contributed by atoms with Gasteiger partial charge < -0.3 is 9.68 Å². The lowest BCUT2D eigenvalue weighted by molar-refractivity contribution is -0.147. The van der Waals surface area contributed by atoms with E-state index < -0.39 is 5.97 Å². The van der Waals surface area contributed by atoms with Gasteiger partial charge in [-0.2, -0.15) is 5.48 Å². The Morgan fingerprint density at radius 2 is 1.69 bits per heavy atom. The van der Waals surface area contributed by atoms with Gasteiger partial charge in [-0.3, -0.25) is 0 Å². The van der Waals surface area contributed by atoms with Crippen molar-refractivity contribution in [3.63, 3.8) is 0 Å². The molecular weight excluding hydrogens is 208 g/mol. The van der Waals surface area contributed by atoms with Gasteiger partial charge in [0.05, 0.1) is 0 Å². The summed E-state index contributed by atoms with van der Waals surface area (Å²) in [7, 11) is 0. The maximum absolute atomic E-state index is 10.8. The van der Waals surface area contributed by atoms with Crippen LogP contribution in [0, 0.1) is 0 Å². The smallest absolute Gasteiger partial charge is 0.348 e. The molecule has 0 aliphatic heterocycles. The SMILES string of the molecule is C=CONC1CCC(NOC(=O)C=C)CC1. The van der Waals surface area contributed by atoms with Gasteiger partial charge in [0, 0.05) is 18.2 Å². The third-order valence-corrected chi connectivity index (χ3v) is 2.54. The summed E-state index contributed by atoms with van der Waals surface area (Å²) in [6.45, 7) is 6.77. The van der Waals surface area contributed by atoms with Gasteiger partial charge >= 0.3 is 5.97 Å². The van der Waals surface area contributed by atoms with Gasteiger partial charge in [-0.25, -0.2) is 4.79 Å². The Balaban J connectivity index is 2.14. The minimum atomic E-state index is -0.449. The van der Waals surface area contributed by atoms with Gasteiger partial charge in [0.2, 0.25) is 0 Å². The third kappa shape index (κ3) is 4.46. The summed E-state index contributed by atoms with van der Waals surface area (Å²) in [5.41, 5.74) is 5.64. The van der Waals surface area contributed by atoms with Crippen molar-refractivity contribution >= 4 is 5.97 Å². The van der Waals surface area contributed by atoms with Crippen molar-refractivity contribution in [3.8, 4) is 0 Å². The number of nitrogens with one attached hydrogen (secondary N) is 2. The lowest BCUT2D eigenvalue weighted by Gasteiger charge is -2.28. The summed E-state index contributed by atoms with van der Waals surface area (Å²) < 4.78 is 0. The van der Waals surface area contributed by atoms with E-state index in [4.69, 9.17) is 9.68 Å². The van der Waals surface area contributed by atoms with E-state index in [2.05, 4.69) is 24.1 Å². The second kappa shape index (κ2) is 7.03. The number of carbonyl (C=O) groups excluding carboxylic acids is 1. The first-order chi connectivity index (χ1) is 7.76. The van der Waals surface area contributed by atoms with Gasteiger partial charge in [0.15, 0.2) is 0 Å². The van der Waals surface area contributed by atoms with Gasteiger partial charge in [0.1, 0.15) is 6.26 Å². The average Bonchev–Trinajstić information content (AvgIpc) is 2.34. The zero-order valence-electron chi connectivity index (χ0n) is 9.28. The normalized spacial score (nSPS) is 24.5. The fourth-order valence-electron chi connectivity index (χ4n) is 1.66. The fourth-order valence-corrected chi connectivity index (χ4v) is 1.66. The second-order valence-electron chi connectivity index (χ2n) is 3.69. The van der Waals surface area contributed by atoms with Crippen molar-refractivity contribution < 1.29 is 14.5 Å². The quantitative estimate of drug-likeness (QED) is 0.405. The predicted octanol–water partition coefficient (Wildman–Crippen LogP) is 1.20. The molecule has 1 rings (SSSR count). The maximum atomic E-state index is 10.8. The number of hydrogen-bond acceptors (Lipinski definition) is 5. The average molecular weight is 226 g/mol. The van der Waals surface area contributed by atoms with Crippen LogP contribution in [0.5, 0.6) is 0 Å². The van der Waals surface area contributed by atoms with Crippen LogP contribution >= 0.6 is 0 Å². The number of hydrogen-bond donors (Lipinski definition) is 2. The predicted molar refractivity (Wildman–Crippen MR) is 59.9 cm³/mol. The highest BCUT2D eigenvalue weighted by atomic mass is 16.7. The largest absolute Gasteiger partial charge is 0.417 e. The van der Waals surface area contributed by atoms with E-state index in [1.807, 2.05) is 0 Å². The summed E-state index contributed by atoms with van der Waals surface area (Å²) in [6.07, 6.45) is 6.31. The zero-order valence-corrected chi connectivity index (χ0v) is 9.28. The molecule has 1 saturated carbocycles. The molecule has 16 heavy (non-hydrogen) atoms. The summed E-state index contributed by atoms with van der Waals surface area (Å²) in [4.78, 5) is 20.5. The van der Waals surface area contributed by atoms with E-state index in [0.717, 1.165) is 31.8 Å². The lowest BCUT2D eigenvalue weighted by atomic mass is 9.92. The van der Waals surface area contributed by atoms with E-state index in [0.29, 0.717) is 6.04 Å². The minimum Gasteiger partial charge on any atom is -0.417 e. The molecule has 0 radical (unpaired) electrons. The molecule has 0 saturated heterocycles. The molecule has 1 aliphatic carbocycles. The second-order valence-corrected chi connectivity index (χ2v) is 3.69. The monoisotopic (exact) mass is 226 g/mol. The number of carbonyl (C=O) groups is 1. The van der Waals surface area contributed by atoms with E-state index in [1.165, 1.54) is 6.26 Å². The number of hydroxylamine groups is 2. The molecule has 1 aliphatic rings. The van der Waals surface area contributed by atoms with Crippen LogP contribution in [0.15, 0.2) is 25.5 Å². The van der Waals surface area contributed by atoms with Crippen LogP contribution in [-0.4, -0.2) is 18.1 Å². The minimum absolute atomic E-state index is 0.214. The first-order valence-corrected chi connectivity index (χ1v) is 5.37. The molecule has 2 N–H and O–H groups in total. The standard InChI is InChI=1S/C11H18N2O3/c1-3-11(14)16-13-10-7-5-9(6-8-10)12-15-4-2/h3-4,9-10,12-13H,1-2,5-8H2. The van der Waals surface area contributed by atoms with Gasteiger partial charge in [-0.1, -0.05) is 13.2 Å². The van der Waals surface area contributed by atoms with E-state index in [9.17, 15) is 4.79 Å². The summed E-state index contributed by atoms with van der Waals surface area (Å²) in [6, 6.07) is 0.553. The first-order valence-electron chi connectivity index (χ1n) is 5.37. The molecule has 0 spiro atoms. The van der Waals surface area contributed by atoms with Gasteiger partial charge in [0.25, 0.3) is 0 Å². The number of rotatable bonds is 6. The van der Waals surface area contributed by atoms with Gasteiger partial charge in [-0.15, -0.1) is 5.48 Å². The molecule has 0 aromatic heterocycles. The van der Waals surface area contributed by atoms with Crippen molar-refractivity contribution in [2.45, 2.75) is 37.8 Å². The van der Waals surface area contributed by atoms with Crippen LogP contribution < -0.4 is 11.0 Å². The summed E-state index contributed by atoms with van der Waals surface area (Å²) in [5.74, 6) is -0.449. The first kappa shape index (κ1) is 12.7. The Bertz CT molecular complexity index is 248. The topological polar surface area (TPSA) is 59.6 Å². The maximum Gasteiger partial charge on any atom is 0.348 e. The Labute approximate surface area is 95.4 Å². The third-order valence-electron chi connectivity index (χ3n) is 2.54. The van der Waals surface area contributed by atoms with E-state index in [1.54, 1.807) is 0 Å². The molecule has 1 fully saturated rings. The summed E-state index contributed by atoms with van der Waals surface area (Å²) in [5, 5.41) is 0. The zero-order chi connectivity index (χ0) is 11.8.